The van der Waals surface area contributed by atoms with Crippen LogP contribution in [-0.4, -0.2) is 70.0 Å². The molecule has 4 aliphatic heterocycles. The van der Waals surface area contributed by atoms with Crippen LogP contribution in [0.1, 0.15) is 35.8 Å². The first-order chi connectivity index (χ1) is 14.4. The summed E-state index contributed by atoms with van der Waals surface area (Å²) in [4.78, 5) is 39.7. The van der Waals surface area contributed by atoms with Gasteiger partial charge in [-0.3, -0.25) is 9.48 Å². The van der Waals surface area contributed by atoms with Gasteiger partial charge in [-0.15, -0.1) is 0 Å². The fourth-order valence-electron chi connectivity index (χ4n) is 4.99. The fraction of sp³-hybridized carbons (Fsp3) is 0.500. The van der Waals surface area contributed by atoms with Gasteiger partial charge in [0.25, 0.3) is 0 Å². The molecule has 0 saturated carbocycles. The van der Waals surface area contributed by atoms with Crippen molar-refractivity contribution in [2.75, 3.05) is 31.1 Å². The van der Waals surface area contributed by atoms with Crippen LogP contribution < -0.4 is 10.6 Å². The quantitative estimate of drug-likeness (QED) is 0.557. The molecule has 4 fully saturated rings. The maximum atomic E-state index is 12.5. The van der Waals surface area contributed by atoms with E-state index in [1.165, 1.54) is 0 Å². The number of hydrogen-bond donors (Lipinski definition) is 2. The lowest BCUT2D eigenvalue weighted by molar-refractivity contribution is -0.117. The normalized spacial score (nSPS) is 28.3. The predicted octanol–water partition coefficient (Wildman–Crippen LogP) is 0.636. The van der Waals surface area contributed by atoms with Gasteiger partial charge in [0.2, 0.25) is 5.91 Å². The van der Waals surface area contributed by atoms with Crippen LogP contribution in [0.15, 0.2) is 18.2 Å². The Kier molecular flexibility index (Phi) is 4.48. The first-order valence-electron chi connectivity index (χ1n) is 10.2. The minimum atomic E-state index is -1.18. The number of β-amino-alcohol motifs (C(OH)–C–C–N with tert-alkyl or cyclic N) is 1. The Bertz CT molecular complexity index is 1040. The van der Waals surface area contributed by atoms with Crippen molar-refractivity contribution in [2.24, 2.45) is 11.7 Å². The molecule has 0 aliphatic carbocycles. The van der Waals surface area contributed by atoms with Crippen molar-refractivity contribution in [3.05, 3.63) is 23.9 Å². The molecule has 1 aromatic carbocycles. The van der Waals surface area contributed by atoms with E-state index in [1.807, 2.05) is 10.7 Å². The Morgan fingerprint density at radius 3 is 2.57 bits per heavy atom. The van der Waals surface area contributed by atoms with E-state index in [-0.39, 0.29) is 30.6 Å². The van der Waals surface area contributed by atoms with Crippen molar-refractivity contribution in [3.8, 4) is 0 Å². The molecule has 158 valence electrons. The Balaban J connectivity index is 1.61. The minimum Gasteiger partial charge on any atom is -0.391 e. The van der Waals surface area contributed by atoms with Crippen LogP contribution in [0.3, 0.4) is 0 Å². The maximum absolute atomic E-state index is 12.5. The molecule has 2 aromatic rings. The molecule has 5 heterocycles. The van der Waals surface area contributed by atoms with Crippen molar-refractivity contribution in [1.82, 2.24) is 14.7 Å². The first-order valence-corrected chi connectivity index (χ1v) is 10.2. The summed E-state index contributed by atoms with van der Waals surface area (Å²) >= 11 is 0. The molecule has 2 amide bonds. The zero-order valence-electron chi connectivity index (χ0n) is 16.4. The highest BCUT2D eigenvalue weighted by molar-refractivity contribution is 6.06. The van der Waals surface area contributed by atoms with Crippen LogP contribution in [0.25, 0.3) is 10.9 Å². The smallest absolute Gasteiger partial charge is 0.391 e. The summed E-state index contributed by atoms with van der Waals surface area (Å²) in [6.07, 6.45) is 0.334. The van der Waals surface area contributed by atoms with E-state index in [0.717, 1.165) is 32.5 Å². The third-order valence-corrected chi connectivity index (χ3v) is 6.43. The van der Waals surface area contributed by atoms with Gasteiger partial charge in [-0.2, -0.15) is 5.10 Å². The Morgan fingerprint density at radius 1 is 1.20 bits per heavy atom. The molecule has 2 atom stereocenters. The fourth-order valence-corrected chi connectivity index (χ4v) is 4.99. The van der Waals surface area contributed by atoms with Crippen LogP contribution in [0.2, 0.25) is 0 Å². The lowest BCUT2D eigenvalue weighted by atomic mass is 9.84. The maximum Gasteiger partial charge on any atom is 0.412 e. The van der Waals surface area contributed by atoms with E-state index in [9.17, 15) is 19.5 Å². The van der Waals surface area contributed by atoms with Gasteiger partial charge in [-0.05, 0) is 50.0 Å². The number of rotatable bonds is 3. The number of carbonyl (C=O) groups excluding carboxylic acids is 3. The minimum absolute atomic E-state index is 0.0274. The van der Waals surface area contributed by atoms with Gasteiger partial charge in [0.05, 0.1) is 30.6 Å². The molecule has 0 unspecified atom stereocenters. The van der Waals surface area contributed by atoms with Gasteiger partial charge < -0.3 is 25.4 Å². The largest absolute Gasteiger partial charge is 0.412 e. The number of carbonyl (C=O) groups is 3. The topological polar surface area (TPSA) is 131 Å². The Labute approximate surface area is 172 Å². The molecule has 1 aromatic heterocycles. The molecule has 10 nitrogen and oxygen atoms in total. The summed E-state index contributed by atoms with van der Waals surface area (Å²) < 4.78 is 6.42. The molecular formula is C20H23N5O5. The van der Waals surface area contributed by atoms with Crippen LogP contribution in [0.4, 0.5) is 10.5 Å². The van der Waals surface area contributed by atoms with E-state index >= 15 is 0 Å². The summed E-state index contributed by atoms with van der Waals surface area (Å²) in [5.41, 5.74) is 6.38. The van der Waals surface area contributed by atoms with E-state index < -0.39 is 18.2 Å². The number of ether oxygens (including phenoxy) is 1. The zero-order chi connectivity index (χ0) is 21.0. The van der Waals surface area contributed by atoms with Gasteiger partial charge >= 0.3 is 12.1 Å². The van der Waals surface area contributed by atoms with Gasteiger partial charge in [0, 0.05) is 17.6 Å². The standard InChI is InChI=1S/C20H23N5O5/c21-20(29)30-19(28)18-14-2-1-12(24-9-13(26)8-17(24)27)7-15(14)25(22-18)16-10-23-5-3-11(16)4-6-23/h1-2,7,11,13,16,26H,3-6,8-10H2,(H2,21,29)/t13-,16+/m0/s1. The number of amides is 2. The molecule has 6 rings (SSSR count). The summed E-state index contributed by atoms with van der Waals surface area (Å²) in [5.74, 6) is -0.603. The number of primary amides is 1. The average Bonchev–Trinajstić information content (AvgIpc) is 3.27. The van der Waals surface area contributed by atoms with Gasteiger partial charge in [-0.1, -0.05) is 0 Å². The van der Waals surface area contributed by atoms with Crippen LogP contribution in [0.5, 0.6) is 0 Å². The van der Waals surface area contributed by atoms with Crippen molar-refractivity contribution >= 4 is 34.6 Å². The van der Waals surface area contributed by atoms with Gasteiger partial charge in [0.1, 0.15) is 0 Å². The highest BCUT2D eigenvalue weighted by atomic mass is 16.6. The number of hydrogen-bond acceptors (Lipinski definition) is 7. The molecule has 0 radical (unpaired) electrons. The molecule has 4 aliphatic rings. The summed E-state index contributed by atoms with van der Waals surface area (Å²) in [5, 5.41) is 14.9. The number of nitrogens with two attached hydrogens (primary N) is 1. The zero-order valence-corrected chi connectivity index (χ0v) is 16.4. The highest BCUT2D eigenvalue weighted by Gasteiger charge is 2.38. The van der Waals surface area contributed by atoms with Crippen LogP contribution >= 0.6 is 0 Å². The number of aliphatic hydroxyl groups is 1. The van der Waals surface area contributed by atoms with E-state index in [2.05, 4.69) is 14.7 Å². The molecule has 0 spiro atoms. The van der Waals surface area contributed by atoms with Gasteiger partial charge in [-0.25, -0.2) is 9.59 Å². The number of aromatic nitrogens is 2. The summed E-state index contributed by atoms with van der Waals surface area (Å²) in [6.45, 7) is 3.18. The number of fused-ring (bicyclic) bond motifs is 4. The van der Waals surface area contributed by atoms with E-state index in [0.29, 0.717) is 22.5 Å². The number of nitrogens with zero attached hydrogens (tertiary/aromatic N) is 4. The molecule has 2 bridgehead atoms. The second-order valence-corrected chi connectivity index (χ2v) is 8.27. The highest BCUT2D eigenvalue weighted by Crippen LogP contribution is 2.38. The van der Waals surface area contributed by atoms with Crippen LogP contribution in [-0.2, 0) is 9.53 Å². The Morgan fingerprint density at radius 2 is 1.97 bits per heavy atom. The molecule has 10 heteroatoms. The molecule has 4 saturated heterocycles. The second-order valence-electron chi connectivity index (χ2n) is 8.27. The van der Waals surface area contributed by atoms with Gasteiger partial charge in [0.15, 0.2) is 5.69 Å². The molecule has 30 heavy (non-hydrogen) atoms. The number of benzene rings is 1. The third kappa shape index (κ3) is 3.12. The van der Waals surface area contributed by atoms with Crippen molar-refractivity contribution < 1.29 is 24.2 Å². The summed E-state index contributed by atoms with van der Waals surface area (Å²) in [7, 11) is 0. The molecule has 3 N–H and O–H groups in total. The van der Waals surface area contributed by atoms with Crippen molar-refractivity contribution in [3.63, 3.8) is 0 Å². The summed E-state index contributed by atoms with van der Waals surface area (Å²) in [6, 6.07) is 5.31. The lowest BCUT2D eigenvalue weighted by Crippen LogP contribution is -2.48. The third-order valence-electron chi connectivity index (χ3n) is 6.43. The average molecular weight is 413 g/mol. The Hall–Kier alpha value is -2.98. The number of aliphatic hydroxyl groups excluding tert-OH is 1. The number of anilines is 1. The SMILES string of the molecule is NC(=O)OC(=O)c1nn([C@@H]2CN3CCC2CC3)c2cc(N3C[C@@H](O)CC3=O)ccc12. The lowest BCUT2D eigenvalue weighted by Gasteiger charge is -2.44. The van der Waals surface area contributed by atoms with Crippen molar-refractivity contribution in [1.29, 1.82) is 0 Å². The monoisotopic (exact) mass is 413 g/mol. The second kappa shape index (κ2) is 7.06. The van der Waals surface area contributed by atoms with Crippen molar-refractivity contribution in [2.45, 2.75) is 31.4 Å². The number of esters is 1. The number of piperidine rings is 3. The molecular weight excluding hydrogens is 390 g/mol. The first kappa shape index (κ1) is 19.0. The van der Waals surface area contributed by atoms with E-state index in [4.69, 9.17) is 5.73 Å². The van der Waals surface area contributed by atoms with Crippen LogP contribution in [0, 0.1) is 5.92 Å². The predicted molar refractivity (Wildman–Crippen MR) is 106 cm³/mol. The van der Waals surface area contributed by atoms with E-state index in [1.54, 1.807) is 17.0 Å².